The second kappa shape index (κ2) is 1.94. The lowest BCUT2D eigenvalue weighted by atomic mass is 11.1. The summed E-state index contributed by atoms with van der Waals surface area (Å²) in [4.78, 5) is 3.79. The average Bonchev–Trinajstić information content (AvgIpc) is 1.87. The van der Waals surface area contributed by atoms with Gasteiger partial charge in [0, 0.05) is 0 Å². The van der Waals surface area contributed by atoms with Gasteiger partial charge in [-0.3, -0.25) is 0 Å². The van der Waals surface area contributed by atoms with E-state index in [-0.39, 0.29) is 5.50 Å². The van der Waals surface area contributed by atoms with E-state index in [1.165, 1.54) is 21.6 Å². The summed E-state index contributed by atoms with van der Waals surface area (Å²) in [6, 6.07) is 0. The molecule has 1 rings (SSSR count). The highest BCUT2D eigenvalue weighted by Crippen LogP contribution is 2.30. The Morgan fingerprint density at radius 2 is 2.43 bits per heavy atom. The molecule has 0 aromatic rings. The monoisotopic (exact) mass is 135 g/mol. The molecule has 0 radical (unpaired) electrons. The third kappa shape index (κ3) is 1.25. The zero-order valence-electron chi connectivity index (χ0n) is 3.50. The summed E-state index contributed by atoms with van der Waals surface area (Å²) in [6.07, 6.45) is 0. The van der Waals surface area contributed by atoms with Crippen LogP contribution < -0.4 is 11.5 Å². The second-order valence-corrected chi connectivity index (χ2v) is 3.38. The Bertz CT molecular complexity index is 101. The maximum Gasteiger partial charge on any atom is 0.167 e. The molecule has 0 aromatic heterocycles. The van der Waals surface area contributed by atoms with Gasteiger partial charge in [0.1, 0.15) is 0 Å². The minimum atomic E-state index is -0.134. The van der Waals surface area contributed by atoms with Crippen LogP contribution in [0.5, 0.6) is 0 Å². The van der Waals surface area contributed by atoms with Crippen LogP contribution in [-0.4, -0.2) is 10.7 Å². The van der Waals surface area contributed by atoms with E-state index in [9.17, 15) is 0 Å². The Balaban J connectivity index is 2.50. The molecule has 0 aliphatic carbocycles. The van der Waals surface area contributed by atoms with Gasteiger partial charge in [-0.1, -0.05) is 0 Å². The Labute approximate surface area is 49.3 Å². The van der Waals surface area contributed by atoms with Crippen LogP contribution in [0.1, 0.15) is 0 Å². The molecule has 1 aliphatic rings. The van der Waals surface area contributed by atoms with Gasteiger partial charge in [-0.2, -0.15) is 0 Å². The third-order valence-corrected chi connectivity index (χ3v) is 2.55. The van der Waals surface area contributed by atoms with E-state index >= 15 is 0 Å². The lowest BCUT2D eigenvalue weighted by Gasteiger charge is -1.87. The summed E-state index contributed by atoms with van der Waals surface area (Å²) < 4.78 is 0. The van der Waals surface area contributed by atoms with Crippen LogP contribution in [0.3, 0.4) is 0 Å². The molecule has 0 saturated carbocycles. The molecule has 1 heterocycles. The number of nitrogens with two attached hydrogens (primary N) is 2. The highest BCUT2D eigenvalue weighted by Gasteiger charge is 2.10. The molecule has 1 aliphatic heterocycles. The van der Waals surface area contributed by atoms with Gasteiger partial charge in [-0.15, -0.1) is 0 Å². The van der Waals surface area contributed by atoms with E-state index in [0.29, 0.717) is 5.17 Å². The highest BCUT2D eigenvalue weighted by atomic mass is 33.1. The summed E-state index contributed by atoms with van der Waals surface area (Å²) in [6.45, 7) is 0. The van der Waals surface area contributed by atoms with Gasteiger partial charge in [0.25, 0.3) is 0 Å². The molecule has 0 fully saturated rings. The van der Waals surface area contributed by atoms with Crippen molar-refractivity contribution in [2.24, 2.45) is 16.5 Å². The van der Waals surface area contributed by atoms with Crippen LogP contribution in [0.25, 0.3) is 0 Å². The maximum absolute atomic E-state index is 5.30. The number of nitrogens with zero attached hydrogens (tertiary/aromatic N) is 1. The molecule has 0 amide bonds. The number of aliphatic imine (C=N–C) groups is 1. The van der Waals surface area contributed by atoms with Crippen LogP contribution in [0.4, 0.5) is 0 Å². The lowest BCUT2D eigenvalue weighted by Crippen LogP contribution is -2.09. The molecule has 5 heteroatoms. The first-order chi connectivity index (χ1) is 3.29. The first kappa shape index (κ1) is 5.27. The molecule has 0 saturated heterocycles. The predicted octanol–water partition coefficient (Wildman–Crippen LogP) is -0.0616. The zero-order valence-corrected chi connectivity index (χ0v) is 5.13. The topological polar surface area (TPSA) is 64.4 Å². The molecule has 0 aromatic carbocycles. The molecule has 0 bridgehead atoms. The van der Waals surface area contributed by atoms with E-state index in [0.717, 1.165) is 0 Å². The zero-order chi connectivity index (χ0) is 5.28. The number of rotatable bonds is 0. The van der Waals surface area contributed by atoms with Crippen LogP contribution >= 0.6 is 21.6 Å². The largest absolute Gasteiger partial charge is 0.378 e. The van der Waals surface area contributed by atoms with Crippen molar-refractivity contribution in [1.82, 2.24) is 0 Å². The summed E-state index contributed by atoms with van der Waals surface area (Å²) in [5.74, 6) is 0. The van der Waals surface area contributed by atoms with Crippen LogP contribution in [0, 0.1) is 0 Å². The summed E-state index contributed by atoms with van der Waals surface area (Å²) in [7, 11) is 2.90. The molecule has 1 unspecified atom stereocenters. The van der Waals surface area contributed by atoms with Gasteiger partial charge >= 0.3 is 0 Å². The first-order valence-electron chi connectivity index (χ1n) is 1.71. The fourth-order valence-electron chi connectivity index (χ4n) is 0.267. The normalized spacial score (nSPS) is 30.4. The van der Waals surface area contributed by atoms with Crippen molar-refractivity contribution in [2.45, 2.75) is 5.50 Å². The van der Waals surface area contributed by atoms with Crippen molar-refractivity contribution < 1.29 is 0 Å². The second-order valence-electron chi connectivity index (χ2n) is 1.04. The first-order valence-corrected chi connectivity index (χ1v) is 3.92. The van der Waals surface area contributed by atoms with Crippen molar-refractivity contribution in [3.63, 3.8) is 0 Å². The molecule has 7 heavy (non-hydrogen) atoms. The van der Waals surface area contributed by atoms with Crippen molar-refractivity contribution in [3.8, 4) is 0 Å². The SMILES string of the molecule is NC1=NC(N)SS1. The molecular weight excluding hydrogens is 130 g/mol. The minimum absolute atomic E-state index is 0.134. The Hall–Kier alpha value is 0.130. The van der Waals surface area contributed by atoms with Gasteiger partial charge in [0.15, 0.2) is 10.7 Å². The van der Waals surface area contributed by atoms with Gasteiger partial charge < -0.3 is 11.5 Å². The van der Waals surface area contributed by atoms with Crippen LogP contribution in [0.15, 0.2) is 4.99 Å². The van der Waals surface area contributed by atoms with Crippen molar-refractivity contribution >= 4 is 26.8 Å². The summed E-state index contributed by atoms with van der Waals surface area (Å²) in [5, 5.41) is 0.581. The number of hydrogen-bond donors (Lipinski definition) is 2. The maximum atomic E-state index is 5.30. The smallest absolute Gasteiger partial charge is 0.167 e. The van der Waals surface area contributed by atoms with E-state index in [2.05, 4.69) is 4.99 Å². The van der Waals surface area contributed by atoms with Gasteiger partial charge in [-0.25, -0.2) is 4.99 Å². The molecular formula is C2H5N3S2. The van der Waals surface area contributed by atoms with Crippen molar-refractivity contribution in [1.29, 1.82) is 0 Å². The molecule has 0 spiro atoms. The van der Waals surface area contributed by atoms with E-state index in [4.69, 9.17) is 11.5 Å². The Kier molecular flexibility index (Phi) is 1.46. The highest BCUT2D eigenvalue weighted by molar-refractivity contribution is 8.82. The molecule has 4 N–H and O–H groups in total. The molecule has 3 nitrogen and oxygen atoms in total. The fraction of sp³-hybridized carbons (Fsp3) is 0.500. The molecule has 1 atom stereocenters. The van der Waals surface area contributed by atoms with Crippen LogP contribution in [0.2, 0.25) is 0 Å². The quantitative estimate of drug-likeness (QED) is 0.457. The standard InChI is InChI=1S/C2H5N3S2/c3-1-5-2(4)7-6-1/h1H,3H2,(H2,4,5). The minimum Gasteiger partial charge on any atom is -0.378 e. The van der Waals surface area contributed by atoms with E-state index in [1.807, 2.05) is 0 Å². The summed E-state index contributed by atoms with van der Waals surface area (Å²) >= 11 is 0. The fourth-order valence-corrected chi connectivity index (χ4v) is 1.69. The molecule has 40 valence electrons. The Morgan fingerprint density at radius 3 is 2.57 bits per heavy atom. The van der Waals surface area contributed by atoms with Gasteiger partial charge in [0.05, 0.1) is 0 Å². The average molecular weight is 135 g/mol. The number of amidine groups is 1. The van der Waals surface area contributed by atoms with E-state index < -0.39 is 0 Å². The van der Waals surface area contributed by atoms with E-state index in [1.54, 1.807) is 0 Å². The summed E-state index contributed by atoms with van der Waals surface area (Å²) in [5.41, 5.74) is 10.4. The lowest BCUT2D eigenvalue weighted by molar-refractivity contribution is 1.00. The van der Waals surface area contributed by atoms with Gasteiger partial charge in [-0.05, 0) is 21.6 Å². The predicted molar refractivity (Wildman–Crippen MR) is 34.8 cm³/mol. The number of hydrogen-bond acceptors (Lipinski definition) is 5. The third-order valence-electron chi connectivity index (χ3n) is 0.487. The van der Waals surface area contributed by atoms with Gasteiger partial charge in [0.2, 0.25) is 0 Å². The van der Waals surface area contributed by atoms with Crippen LogP contribution in [-0.2, 0) is 0 Å². The van der Waals surface area contributed by atoms with Crippen molar-refractivity contribution in [2.75, 3.05) is 0 Å². The Morgan fingerprint density at radius 1 is 1.71 bits per heavy atom. The van der Waals surface area contributed by atoms with Crippen molar-refractivity contribution in [3.05, 3.63) is 0 Å².